The van der Waals surface area contributed by atoms with Gasteiger partial charge in [-0.1, -0.05) is 69.7 Å². The molecule has 2 aliphatic heterocycles. The van der Waals surface area contributed by atoms with E-state index in [2.05, 4.69) is 5.97 Å². The van der Waals surface area contributed by atoms with Gasteiger partial charge in [0.15, 0.2) is 0 Å². The number of carbonyl (C=O) groups is 1. The van der Waals surface area contributed by atoms with Crippen LogP contribution in [0, 0.1) is 11.2 Å². The molecule has 0 saturated carbocycles. The topological polar surface area (TPSA) is 53.3 Å². The minimum absolute atomic E-state index is 0.0372. The molecule has 2 heterocycles. The first kappa shape index (κ1) is 19.3. The average molecular weight is 314 g/mol. The van der Waals surface area contributed by atoms with E-state index in [4.69, 9.17) is 10.00 Å². The van der Waals surface area contributed by atoms with Gasteiger partial charge < -0.3 is 9.64 Å². The van der Waals surface area contributed by atoms with Crippen molar-refractivity contribution in [3.05, 3.63) is 35.9 Å². The molecule has 5 heteroatoms. The van der Waals surface area contributed by atoms with Crippen LogP contribution in [-0.2, 0) is 9.53 Å². The van der Waals surface area contributed by atoms with Gasteiger partial charge in [-0.25, -0.2) is 5.26 Å². The second-order valence-corrected chi connectivity index (χ2v) is 5.48. The standard InChI is InChI=1S/C11H13NO2.C5H8BN.C2H6/c13-9-12-6-7-14-11(8-12)10-4-2-1-3-5-10;7-5-6-3-1-2-4-6;1-2/h1-5,9,11H,6-8H2;1-4H2;1-2H3. The Labute approximate surface area is 140 Å². The number of nitrogens with zero attached hydrogens (tertiary/aromatic N) is 2. The summed E-state index contributed by atoms with van der Waals surface area (Å²) in [7, 11) is 0. The normalized spacial score (nSPS) is 19.6. The molecule has 2 fully saturated rings. The van der Waals surface area contributed by atoms with Gasteiger partial charge >= 0.3 is 0 Å². The highest BCUT2D eigenvalue weighted by Gasteiger charge is 2.20. The molecule has 0 spiro atoms. The molecule has 1 aromatic rings. The molecule has 0 aliphatic carbocycles. The lowest BCUT2D eigenvalue weighted by Gasteiger charge is -2.30. The van der Waals surface area contributed by atoms with Gasteiger partial charge in [0.05, 0.1) is 13.2 Å². The monoisotopic (exact) mass is 314 g/mol. The van der Waals surface area contributed by atoms with E-state index in [0.717, 1.165) is 24.6 Å². The first-order chi connectivity index (χ1) is 11.3. The van der Waals surface area contributed by atoms with Crippen LogP contribution in [0.25, 0.3) is 0 Å². The van der Waals surface area contributed by atoms with Crippen molar-refractivity contribution in [2.45, 2.75) is 45.4 Å². The number of nitriles is 1. The van der Waals surface area contributed by atoms with Crippen LogP contribution in [0.1, 0.15) is 38.4 Å². The summed E-state index contributed by atoms with van der Waals surface area (Å²) in [5, 5.41) is 8.32. The summed E-state index contributed by atoms with van der Waals surface area (Å²) in [4.78, 5) is 12.4. The predicted molar refractivity (Wildman–Crippen MR) is 94.3 cm³/mol. The van der Waals surface area contributed by atoms with Crippen LogP contribution in [0.15, 0.2) is 30.3 Å². The summed E-state index contributed by atoms with van der Waals surface area (Å²) in [6.45, 7) is 6.39. The summed E-state index contributed by atoms with van der Waals surface area (Å²) < 4.78 is 5.60. The quantitative estimate of drug-likeness (QED) is 0.619. The van der Waals surface area contributed by atoms with Gasteiger partial charge in [0.25, 0.3) is 6.71 Å². The Morgan fingerprint density at radius 3 is 2.43 bits per heavy atom. The van der Waals surface area contributed by atoms with Crippen molar-refractivity contribution in [3.63, 3.8) is 0 Å². The molecule has 0 radical (unpaired) electrons. The van der Waals surface area contributed by atoms with E-state index >= 15 is 0 Å². The molecule has 124 valence electrons. The first-order valence-electron chi connectivity index (χ1n) is 8.59. The zero-order valence-electron chi connectivity index (χ0n) is 14.3. The number of morpholine rings is 1. The van der Waals surface area contributed by atoms with E-state index in [1.54, 1.807) is 4.90 Å². The summed E-state index contributed by atoms with van der Waals surface area (Å²) in [6, 6.07) is 10.00. The Bertz CT molecular complexity index is 470. The van der Waals surface area contributed by atoms with Crippen LogP contribution >= 0.6 is 0 Å². The lowest BCUT2D eigenvalue weighted by atomic mass is 9.50. The fraction of sp³-hybridized carbons (Fsp3) is 0.556. The van der Waals surface area contributed by atoms with Gasteiger partial charge in [-0.15, -0.1) is 0 Å². The maximum atomic E-state index is 10.6. The van der Waals surface area contributed by atoms with E-state index in [9.17, 15) is 4.79 Å². The van der Waals surface area contributed by atoms with Gasteiger partial charge in [0.1, 0.15) is 6.10 Å². The van der Waals surface area contributed by atoms with E-state index in [-0.39, 0.29) is 6.10 Å². The van der Waals surface area contributed by atoms with Gasteiger partial charge in [-0.05, 0) is 5.56 Å². The largest absolute Gasteiger partial charge is 0.370 e. The maximum Gasteiger partial charge on any atom is 0.267 e. The number of hydrogen-bond donors (Lipinski definition) is 0. The van der Waals surface area contributed by atoms with Crippen LogP contribution in [0.4, 0.5) is 0 Å². The highest BCUT2D eigenvalue weighted by Crippen LogP contribution is 2.20. The molecule has 0 N–H and O–H groups in total. The third kappa shape index (κ3) is 6.88. The summed E-state index contributed by atoms with van der Waals surface area (Å²) >= 11 is 0. The first-order valence-corrected chi connectivity index (χ1v) is 8.59. The lowest BCUT2D eigenvalue weighted by molar-refractivity contribution is -0.125. The molecule has 2 aliphatic rings. The van der Waals surface area contributed by atoms with E-state index < -0.39 is 0 Å². The van der Waals surface area contributed by atoms with Gasteiger partial charge in [-0.2, -0.15) is 0 Å². The third-order valence-electron chi connectivity index (χ3n) is 3.96. The fourth-order valence-electron chi connectivity index (χ4n) is 2.69. The highest BCUT2D eigenvalue weighted by molar-refractivity contribution is 6.67. The Morgan fingerprint density at radius 1 is 1.26 bits per heavy atom. The number of hydrogen-bond acceptors (Lipinski definition) is 3. The van der Waals surface area contributed by atoms with E-state index in [1.165, 1.54) is 12.8 Å². The maximum absolute atomic E-state index is 10.6. The van der Waals surface area contributed by atoms with Gasteiger partial charge in [0, 0.05) is 12.5 Å². The molecule has 3 rings (SSSR count). The Hall–Kier alpha value is -1.80. The van der Waals surface area contributed by atoms with Crippen LogP contribution in [0.2, 0.25) is 12.6 Å². The molecule has 4 nitrogen and oxygen atoms in total. The Morgan fingerprint density at radius 2 is 1.91 bits per heavy atom. The zero-order chi connectivity index (χ0) is 16.9. The summed E-state index contributed by atoms with van der Waals surface area (Å²) in [6.07, 6.45) is 5.78. The van der Waals surface area contributed by atoms with Crippen molar-refractivity contribution in [2.24, 2.45) is 0 Å². The SMILES string of the molecule is CC.N#CB1CCCC1.O=CN1CCOC(c2ccccc2)C1. The number of rotatable bonds is 2. The molecule has 1 atom stereocenters. The molecule has 1 unspecified atom stereocenters. The van der Waals surface area contributed by atoms with Crippen LogP contribution in [0.3, 0.4) is 0 Å². The lowest BCUT2D eigenvalue weighted by Crippen LogP contribution is -2.37. The van der Waals surface area contributed by atoms with Gasteiger partial charge in [0.2, 0.25) is 6.41 Å². The van der Waals surface area contributed by atoms with Crippen LogP contribution in [-0.4, -0.2) is 37.7 Å². The van der Waals surface area contributed by atoms with Crippen molar-refractivity contribution in [3.8, 4) is 5.97 Å². The fourth-order valence-corrected chi connectivity index (χ4v) is 2.69. The molecule has 23 heavy (non-hydrogen) atoms. The Kier molecular flexibility index (Phi) is 9.82. The number of carbonyl (C=O) groups excluding carboxylic acids is 1. The number of benzene rings is 1. The highest BCUT2D eigenvalue weighted by atomic mass is 16.5. The molecular formula is C18H27BN2O2. The molecule has 1 aromatic carbocycles. The van der Waals surface area contributed by atoms with Crippen molar-refractivity contribution < 1.29 is 9.53 Å². The predicted octanol–water partition coefficient (Wildman–Crippen LogP) is 3.58. The van der Waals surface area contributed by atoms with Crippen LogP contribution in [0.5, 0.6) is 0 Å². The molecule has 2 saturated heterocycles. The summed E-state index contributed by atoms with van der Waals surface area (Å²) in [5.41, 5.74) is 1.14. The minimum Gasteiger partial charge on any atom is -0.370 e. The van der Waals surface area contributed by atoms with Crippen LogP contribution < -0.4 is 0 Å². The Balaban J connectivity index is 0.000000247. The average Bonchev–Trinajstić information content (AvgIpc) is 3.18. The second kappa shape index (κ2) is 11.7. The number of ether oxygens (including phenoxy) is 1. The molecule has 1 amide bonds. The van der Waals surface area contributed by atoms with E-state index in [0.29, 0.717) is 26.4 Å². The van der Waals surface area contributed by atoms with Crippen molar-refractivity contribution in [2.75, 3.05) is 19.7 Å². The minimum atomic E-state index is 0.0372. The van der Waals surface area contributed by atoms with Crippen molar-refractivity contribution >= 4 is 13.1 Å². The molecule has 0 aromatic heterocycles. The molecular weight excluding hydrogens is 287 g/mol. The summed E-state index contributed by atoms with van der Waals surface area (Å²) in [5.74, 6) is 2.26. The van der Waals surface area contributed by atoms with Crippen molar-refractivity contribution in [1.82, 2.24) is 4.90 Å². The molecule has 0 bridgehead atoms. The zero-order valence-corrected chi connectivity index (χ0v) is 14.3. The smallest absolute Gasteiger partial charge is 0.267 e. The van der Waals surface area contributed by atoms with E-state index in [1.807, 2.05) is 44.2 Å². The number of amides is 1. The van der Waals surface area contributed by atoms with Gasteiger partial charge in [-0.3, -0.25) is 4.79 Å². The second-order valence-electron chi connectivity index (χ2n) is 5.48. The van der Waals surface area contributed by atoms with Crippen molar-refractivity contribution in [1.29, 1.82) is 5.26 Å². The third-order valence-corrected chi connectivity index (χ3v) is 3.96.